The largest absolute Gasteiger partial charge is 0.478 e. The second-order valence-corrected chi connectivity index (χ2v) is 29.0. The van der Waals surface area contributed by atoms with Gasteiger partial charge in [0.15, 0.2) is 25.0 Å². The molecule has 1 N–H and O–H groups in total. The summed E-state index contributed by atoms with van der Waals surface area (Å²) in [5, 5.41) is 8.85. The zero-order valence-corrected chi connectivity index (χ0v) is 29.0. The van der Waals surface area contributed by atoms with Gasteiger partial charge in [0.2, 0.25) is 0 Å². The van der Waals surface area contributed by atoms with Crippen molar-refractivity contribution in [2.75, 3.05) is 13.2 Å². The summed E-state index contributed by atoms with van der Waals surface area (Å²) < 4.78 is 25.6. The average molecular weight is 541 g/mol. The average Bonchev–Trinajstić information content (AvgIpc) is 2.56. The number of hydrogen-bond donors (Lipinski definition) is 1. The van der Waals surface area contributed by atoms with Gasteiger partial charge in [-0.15, -0.1) is 0 Å². The van der Waals surface area contributed by atoms with Crippen LogP contribution in [0.25, 0.3) is 0 Å². The Balaban J connectivity index is 0. The summed E-state index contributed by atoms with van der Waals surface area (Å²) in [6, 6.07) is 2.22. The van der Waals surface area contributed by atoms with E-state index >= 15 is 0 Å². The van der Waals surface area contributed by atoms with Gasteiger partial charge in [-0.1, -0.05) is 25.5 Å². The quantitative estimate of drug-likeness (QED) is 0.168. The van der Waals surface area contributed by atoms with Gasteiger partial charge in [-0.3, -0.25) is 0 Å². The maximum Gasteiger partial charge on any atom is 0.469 e. The van der Waals surface area contributed by atoms with E-state index in [0.717, 1.165) is 12.5 Å². The Morgan fingerprint density at radius 2 is 1.28 bits per heavy atom. The van der Waals surface area contributed by atoms with Gasteiger partial charge in [0, 0.05) is 28.5 Å². The Kier molecular flexibility index (Phi) is 17.1. The summed E-state index contributed by atoms with van der Waals surface area (Å²) in [4.78, 5) is 10.8. The molecule has 0 aliphatic rings. The van der Waals surface area contributed by atoms with Gasteiger partial charge < -0.3 is 22.2 Å². The van der Waals surface area contributed by atoms with Crippen LogP contribution in [-0.4, -0.2) is 68.3 Å². The molecule has 192 valence electrons. The second-order valence-electron chi connectivity index (χ2n) is 11.0. The van der Waals surface area contributed by atoms with Crippen molar-refractivity contribution in [3.63, 3.8) is 0 Å². The van der Waals surface area contributed by atoms with E-state index < -0.39 is 39.7 Å². The lowest BCUT2D eigenvalue weighted by molar-refractivity contribution is -0.132. The standard InChI is InChI=1S/C18H42O6Si4.C3H10Si/c1-17(18(19)20)13-11-14-21-15-12-16-28(22-25(2,3)4,23-26(5,6)7)24-27(8,9)10;1-2-3-4/h13H,11-12,14-16H2,1-10H3,(H,19,20);2-3H2,1,4H3. The molecule has 0 aliphatic heterocycles. The first-order valence-corrected chi connectivity index (χ1v) is 25.5. The van der Waals surface area contributed by atoms with Crippen LogP contribution in [0.5, 0.6) is 0 Å². The first kappa shape index (κ1) is 34.3. The minimum atomic E-state index is -2.79. The predicted octanol–water partition coefficient (Wildman–Crippen LogP) is 5.49. The first-order chi connectivity index (χ1) is 14.4. The third kappa shape index (κ3) is 22.0. The van der Waals surface area contributed by atoms with Gasteiger partial charge in [0.25, 0.3) is 0 Å². The minimum Gasteiger partial charge on any atom is -0.478 e. The van der Waals surface area contributed by atoms with Crippen LogP contribution in [0.2, 0.25) is 71.0 Å². The van der Waals surface area contributed by atoms with Crippen LogP contribution in [0.4, 0.5) is 0 Å². The summed E-state index contributed by atoms with van der Waals surface area (Å²) in [7, 11) is -6.93. The Bertz CT molecular complexity index is 508. The molecule has 0 aromatic heterocycles. The zero-order chi connectivity index (χ0) is 25.6. The number of carbonyl (C=O) groups is 1. The lowest BCUT2D eigenvalue weighted by Gasteiger charge is -2.42. The Morgan fingerprint density at radius 1 is 0.875 bits per heavy atom. The molecule has 0 radical (unpaired) electrons. The Morgan fingerprint density at radius 3 is 1.59 bits per heavy atom. The van der Waals surface area contributed by atoms with E-state index in [1.165, 1.54) is 22.7 Å². The highest BCUT2D eigenvalue weighted by Gasteiger charge is 2.49. The van der Waals surface area contributed by atoms with Crippen molar-refractivity contribution in [2.45, 2.75) is 104 Å². The van der Waals surface area contributed by atoms with E-state index in [4.69, 9.17) is 22.2 Å². The van der Waals surface area contributed by atoms with Crippen LogP contribution in [0.1, 0.15) is 33.1 Å². The van der Waals surface area contributed by atoms with Crippen molar-refractivity contribution in [3.05, 3.63) is 11.6 Å². The molecule has 0 spiro atoms. The van der Waals surface area contributed by atoms with Crippen LogP contribution in [-0.2, 0) is 21.9 Å². The molecule has 0 rings (SSSR count). The molecular weight excluding hydrogens is 489 g/mol. The maximum atomic E-state index is 10.8. The number of aliphatic carboxylic acids is 1. The molecule has 6 nitrogen and oxygen atoms in total. The van der Waals surface area contributed by atoms with E-state index in [9.17, 15) is 4.79 Å². The van der Waals surface area contributed by atoms with Crippen molar-refractivity contribution >= 4 is 50.0 Å². The molecule has 0 saturated heterocycles. The molecule has 0 atom stereocenters. The molecular formula is C21H52O6Si5. The number of carboxylic acids is 1. The maximum absolute atomic E-state index is 10.8. The number of ether oxygens (including phenoxy) is 1. The van der Waals surface area contributed by atoms with Crippen molar-refractivity contribution < 1.29 is 27.0 Å². The van der Waals surface area contributed by atoms with Crippen LogP contribution in [0.15, 0.2) is 11.6 Å². The van der Waals surface area contributed by atoms with Crippen LogP contribution < -0.4 is 0 Å². The molecule has 11 heteroatoms. The molecule has 0 aromatic carbocycles. The summed E-state index contributed by atoms with van der Waals surface area (Å²) in [6.07, 6.45) is 4.49. The monoisotopic (exact) mass is 540 g/mol. The summed E-state index contributed by atoms with van der Waals surface area (Å²) in [5.41, 5.74) is 0.352. The normalized spacial score (nSPS) is 13.7. The van der Waals surface area contributed by atoms with E-state index in [0.29, 0.717) is 25.2 Å². The first-order valence-electron chi connectivity index (χ1n) is 11.9. The third-order valence-corrected chi connectivity index (χ3v) is 16.8. The highest BCUT2D eigenvalue weighted by molar-refractivity contribution is 6.90. The molecule has 0 aromatic rings. The summed E-state index contributed by atoms with van der Waals surface area (Å²) in [5.74, 6) is -0.883. The summed E-state index contributed by atoms with van der Waals surface area (Å²) >= 11 is 0. The highest BCUT2D eigenvalue weighted by atomic mass is 28.5. The molecule has 32 heavy (non-hydrogen) atoms. The van der Waals surface area contributed by atoms with Crippen molar-refractivity contribution in [1.82, 2.24) is 0 Å². The molecule has 0 aliphatic carbocycles. The predicted molar refractivity (Wildman–Crippen MR) is 150 cm³/mol. The smallest absolute Gasteiger partial charge is 0.469 e. The van der Waals surface area contributed by atoms with Crippen molar-refractivity contribution in [3.8, 4) is 0 Å². The minimum absolute atomic E-state index is 0.352. The van der Waals surface area contributed by atoms with Crippen LogP contribution in [0.3, 0.4) is 0 Å². The van der Waals surface area contributed by atoms with Crippen molar-refractivity contribution in [1.29, 1.82) is 0 Å². The van der Waals surface area contributed by atoms with E-state index in [-0.39, 0.29) is 0 Å². The molecule has 0 heterocycles. The van der Waals surface area contributed by atoms with Crippen LogP contribution >= 0.6 is 0 Å². The number of rotatable bonds is 15. The molecule has 0 amide bonds. The van der Waals surface area contributed by atoms with Crippen LogP contribution in [0, 0.1) is 0 Å². The van der Waals surface area contributed by atoms with E-state index in [1.807, 2.05) is 0 Å². The van der Waals surface area contributed by atoms with E-state index in [2.05, 4.69) is 65.8 Å². The fourth-order valence-corrected chi connectivity index (χ4v) is 17.2. The zero-order valence-electron chi connectivity index (χ0n) is 23.0. The fraction of sp³-hybridized carbons (Fsp3) is 0.857. The highest BCUT2D eigenvalue weighted by Crippen LogP contribution is 2.29. The van der Waals surface area contributed by atoms with Gasteiger partial charge in [0.1, 0.15) is 0 Å². The summed E-state index contributed by atoms with van der Waals surface area (Å²) in [6.45, 7) is 24.6. The lowest BCUT2D eigenvalue weighted by Crippen LogP contribution is -2.60. The number of carboxylic acid groups (broad SMARTS) is 1. The lowest BCUT2D eigenvalue weighted by atomic mass is 10.2. The second kappa shape index (κ2) is 15.9. The topological polar surface area (TPSA) is 74.2 Å². The molecule has 0 saturated carbocycles. The van der Waals surface area contributed by atoms with Crippen molar-refractivity contribution in [2.24, 2.45) is 0 Å². The van der Waals surface area contributed by atoms with Gasteiger partial charge in [0.05, 0.1) is 6.61 Å². The van der Waals surface area contributed by atoms with Gasteiger partial charge in [-0.05, 0) is 78.7 Å². The Labute approximate surface area is 205 Å². The SMILES string of the molecule is CC(=CCCOCCC[Si](O[Si](C)(C)C)(O[Si](C)(C)C)O[Si](C)(C)C)C(=O)O.CCC[SiH3]. The molecule has 0 unspecified atom stereocenters. The fourth-order valence-electron chi connectivity index (χ4n) is 2.55. The molecule has 0 fully saturated rings. The van der Waals surface area contributed by atoms with Gasteiger partial charge in [-0.25, -0.2) is 4.79 Å². The Hall–Kier alpha value is 0.134. The van der Waals surface area contributed by atoms with E-state index in [1.54, 1.807) is 13.0 Å². The third-order valence-electron chi connectivity index (χ3n) is 3.71. The molecule has 0 bridgehead atoms. The number of hydrogen-bond acceptors (Lipinski definition) is 5. The van der Waals surface area contributed by atoms with Gasteiger partial charge in [-0.2, -0.15) is 0 Å². The van der Waals surface area contributed by atoms with Gasteiger partial charge >= 0.3 is 14.8 Å².